The lowest BCUT2D eigenvalue weighted by Crippen LogP contribution is -2.24. The van der Waals surface area contributed by atoms with Gasteiger partial charge in [0.05, 0.1) is 10.6 Å². The summed E-state index contributed by atoms with van der Waals surface area (Å²) >= 11 is 0. The predicted molar refractivity (Wildman–Crippen MR) is 76.5 cm³/mol. The van der Waals surface area contributed by atoms with Crippen LogP contribution < -0.4 is 11.1 Å². The minimum absolute atomic E-state index is 0.0234. The van der Waals surface area contributed by atoms with Crippen LogP contribution in [0, 0.1) is 10.1 Å². The molecule has 0 saturated heterocycles. The molecule has 21 heavy (non-hydrogen) atoms. The predicted octanol–water partition coefficient (Wildman–Crippen LogP) is 1.38. The second-order valence-corrected chi connectivity index (χ2v) is 4.16. The SMILES string of the molecule is CCNC(=O)c1cc(-c2ccc([N+](=O)[O-])cc2)nc(N)n1. The highest BCUT2D eigenvalue weighted by molar-refractivity contribution is 5.93. The number of amides is 1. The number of nitrogens with two attached hydrogens (primary N) is 1. The van der Waals surface area contributed by atoms with Gasteiger partial charge in [0.25, 0.3) is 11.6 Å². The van der Waals surface area contributed by atoms with Crippen molar-refractivity contribution in [1.29, 1.82) is 0 Å². The highest BCUT2D eigenvalue weighted by atomic mass is 16.6. The molecular weight excluding hydrogens is 274 g/mol. The topological polar surface area (TPSA) is 124 Å². The zero-order valence-corrected chi connectivity index (χ0v) is 11.2. The van der Waals surface area contributed by atoms with Crippen LogP contribution in [0.2, 0.25) is 0 Å². The summed E-state index contributed by atoms with van der Waals surface area (Å²) in [6.07, 6.45) is 0. The molecule has 108 valence electrons. The zero-order valence-electron chi connectivity index (χ0n) is 11.2. The van der Waals surface area contributed by atoms with Crippen LogP contribution in [0.4, 0.5) is 11.6 Å². The first-order chi connectivity index (χ1) is 10.0. The number of carbonyl (C=O) groups is 1. The maximum absolute atomic E-state index is 11.8. The Morgan fingerprint density at radius 2 is 2.00 bits per heavy atom. The average molecular weight is 287 g/mol. The van der Waals surface area contributed by atoms with E-state index in [-0.39, 0.29) is 23.2 Å². The number of rotatable bonds is 4. The van der Waals surface area contributed by atoms with Crippen LogP contribution in [0.25, 0.3) is 11.3 Å². The van der Waals surface area contributed by atoms with Gasteiger partial charge in [0.15, 0.2) is 0 Å². The van der Waals surface area contributed by atoms with Crippen LogP contribution in [0.3, 0.4) is 0 Å². The Labute approximate surface area is 120 Å². The number of benzene rings is 1. The van der Waals surface area contributed by atoms with E-state index in [0.717, 1.165) is 0 Å². The molecule has 1 aromatic carbocycles. The van der Waals surface area contributed by atoms with Crippen molar-refractivity contribution in [3.63, 3.8) is 0 Å². The van der Waals surface area contributed by atoms with E-state index in [1.54, 1.807) is 19.1 Å². The van der Waals surface area contributed by atoms with Gasteiger partial charge in [0.2, 0.25) is 5.95 Å². The van der Waals surface area contributed by atoms with Gasteiger partial charge in [-0.2, -0.15) is 0 Å². The highest BCUT2D eigenvalue weighted by Gasteiger charge is 2.12. The molecule has 0 fully saturated rings. The number of nitro groups is 1. The van der Waals surface area contributed by atoms with Gasteiger partial charge in [0, 0.05) is 24.2 Å². The summed E-state index contributed by atoms with van der Waals surface area (Å²) < 4.78 is 0. The zero-order chi connectivity index (χ0) is 15.4. The normalized spacial score (nSPS) is 10.1. The number of anilines is 1. The molecule has 1 heterocycles. The second kappa shape index (κ2) is 5.95. The lowest BCUT2D eigenvalue weighted by molar-refractivity contribution is -0.384. The summed E-state index contributed by atoms with van der Waals surface area (Å²) in [4.78, 5) is 29.8. The first kappa shape index (κ1) is 14.4. The molecular formula is C13H13N5O3. The third-order valence-electron chi connectivity index (χ3n) is 2.69. The number of nitrogens with zero attached hydrogens (tertiary/aromatic N) is 3. The number of non-ortho nitro benzene ring substituents is 1. The summed E-state index contributed by atoms with van der Waals surface area (Å²) in [5.74, 6) is -0.387. The van der Waals surface area contributed by atoms with Gasteiger partial charge < -0.3 is 11.1 Å². The van der Waals surface area contributed by atoms with Crippen molar-refractivity contribution in [3.05, 3.63) is 46.1 Å². The van der Waals surface area contributed by atoms with Crippen molar-refractivity contribution < 1.29 is 9.72 Å². The van der Waals surface area contributed by atoms with Gasteiger partial charge in [0.1, 0.15) is 5.69 Å². The molecule has 0 aliphatic heterocycles. The molecule has 0 aliphatic rings. The Hall–Kier alpha value is -3.03. The van der Waals surface area contributed by atoms with Crippen molar-refractivity contribution in [2.75, 3.05) is 12.3 Å². The van der Waals surface area contributed by atoms with Crippen LogP contribution >= 0.6 is 0 Å². The van der Waals surface area contributed by atoms with E-state index in [9.17, 15) is 14.9 Å². The Kier molecular flexibility index (Phi) is 4.07. The summed E-state index contributed by atoms with van der Waals surface area (Å²) in [7, 11) is 0. The van der Waals surface area contributed by atoms with Gasteiger partial charge in [-0.1, -0.05) is 0 Å². The molecule has 0 spiro atoms. The number of nitrogens with one attached hydrogen (secondary N) is 1. The van der Waals surface area contributed by atoms with Crippen molar-refractivity contribution in [2.45, 2.75) is 6.92 Å². The Bertz CT molecular complexity index is 685. The molecule has 0 unspecified atom stereocenters. The molecule has 8 heteroatoms. The van der Waals surface area contributed by atoms with Crippen molar-refractivity contribution in [2.24, 2.45) is 0 Å². The van der Waals surface area contributed by atoms with Crippen molar-refractivity contribution in [1.82, 2.24) is 15.3 Å². The summed E-state index contributed by atoms with van der Waals surface area (Å²) in [6, 6.07) is 7.30. The number of aromatic nitrogens is 2. The molecule has 8 nitrogen and oxygen atoms in total. The molecule has 0 saturated carbocycles. The lowest BCUT2D eigenvalue weighted by Gasteiger charge is -2.06. The summed E-state index contributed by atoms with van der Waals surface area (Å²) in [6.45, 7) is 2.26. The molecule has 3 N–H and O–H groups in total. The van der Waals surface area contributed by atoms with Gasteiger partial charge in [-0.15, -0.1) is 0 Å². The highest BCUT2D eigenvalue weighted by Crippen LogP contribution is 2.21. The van der Waals surface area contributed by atoms with E-state index < -0.39 is 4.92 Å². The molecule has 0 radical (unpaired) electrons. The first-order valence-electron chi connectivity index (χ1n) is 6.19. The van der Waals surface area contributed by atoms with E-state index >= 15 is 0 Å². The van der Waals surface area contributed by atoms with E-state index in [1.165, 1.54) is 18.2 Å². The number of hydrogen-bond donors (Lipinski definition) is 2. The van der Waals surface area contributed by atoms with E-state index in [0.29, 0.717) is 17.8 Å². The maximum atomic E-state index is 11.8. The van der Waals surface area contributed by atoms with Crippen LogP contribution in [-0.2, 0) is 0 Å². The fraction of sp³-hybridized carbons (Fsp3) is 0.154. The first-order valence-corrected chi connectivity index (χ1v) is 6.19. The van der Waals surface area contributed by atoms with Crippen LogP contribution in [0.1, 0.15) is 17.4 Å². The summed E-state index contributed by atoms with van der Waals surface area (Å²) in [5.41, 5.74) is 6.77. The minimum atomic E-state index is -0.488. The van der Waals surface area contributed by atoms with E-state index in [4.69, 9.17) is 5.73 Å². The summed E-state index contributed by atoms with van der Waals surface area (Å²) in [5, 5.41) is 13.2. The molecule has 1 aromatic heterocycles. The van der Waals surface area contributed by atoms with E-state index in [1.807, 2.05) is 0 Å². The fourth-order valence-corrected chi connectivity index (χ4v) is 1.74. The quantitative estimate of drug-likeness (QED) is 0.646. The maximum Gasteiger partial charge on any atom is 0.270 e. The minimum Gasteiger partial charge on any atom is -0.368 e. The molecule has 2 aromatic rings. The fourth-order valence-electron chi connectivity index (χ4n) is 1.74. The Balaban J connectivity index is 2.39. The lowest BCUT2D eigenvalue weighted by atomic mass is 10.1. The molecule has 0 aliphatic carbocycles. The Morgan fingerprint density at radius 1 is 1.33 bits per heavy atom. The third-order valence-corrected chi connectivity index (χ3v) is 2.69. The number of hydrogen-bond acceptors (Lipinski definition) is 6. The Morgan fingerprint density at radius 3 is 2.57 bits per heavy atom. The van der Waals surface area contributed by atoms with Gasteiger partial charge in [-0.05, 0) is 25.1 Å². The number of nitrogen functional groups attached to an aromatic ring is 1. The molecule has 0 bridgehead atoms. The standard InChI is InChI=1S/C13H13N5O3/c1-2-15-12(19)11-7-10(16-13(14)17-11)8-3-5-9(6-4-8)18(20)21/h3-7H,2H2,1H3,(H,15,19)(H2,14,16,17). The smallest absolute Gasteiger partial charge is 0.270 e. The molecule has 1 amide bonds. The largest absolute Gasteiger partial charge is 0.368 e. The van der Waals surface area contributed by atoms with E-state index in [2.05, 4.69) is 15.3 Å². The molecule has 2 rings (SSSR count). The second-order valence-electron chi connectivity index (χ2n) is 4.16. The monoisotopic (exact) mass is 287 g/mol. The average Bonchev–Trinajstić information content (AvgIpc) is 2.47. The van der Waals surface area contributed by atoms with Crippen molar-refractivity contribution >= 4 is 17.5 Å². The van der Waals surface area contributed by atoms with Crippen molar-refractivity contribution in [3.8, 4) is 11.3 Å². The van der Waals surface area contributed by atoms with Crippen LogP contribution in [0.15, 0.2) is 30.3 Å². The van der Waals surface area contributed by atoms with Gasteiger partial charge in [-0.25, -0.2) is 9.97 Å². The third kappa shape index (κ3) is 3.30. The molecule has 0 atom stereocenters. The van der Waals surface area contributed by atoms with Crippen LogP contribution in [-0.4, -0.2) is 27.3 Å². The number of nitro benzene ring substituents is 1. The number of carbonyl (C=O) groups excluding carboxylic acids is 1. The van der Waals surface area contributed by atoms with Gasteiger partial charge >= 0.3 is 0 Å². The van der Waals surface area contributed by atoms with Gasteiger partial charge in [-0.3, -0.25) is 14.9 Å². The van der Waals surface area contributed by atoms with Crippen LogP contribution in [0.5, 0.6) is 0 Å².